The van der Waals surface area contributed by atoms with E-state index in [-0.39, 0.29) is 18.0 Å². The molecule has 1 aromatic rings. The van der Waals surface area contributed by atoms with E-state index < -0.39 is 0 Å². The Morgan fingerprint density at radius 2 is 2.05 bits per heavy atom. The van der Waals surface area contributed by atoms with Crippen LogP contribution in [0, 0.1) is 0 Å². The highest BCUT2D eigenvalue weighted by atomic mass is 16.5. The molecule has 1 aliphatic rings. The molecular formula is C16H22O4. The Morgan fingerprint density at radius 1 is 1.30 bits per heavy atom. The monoisotopic (exact) mass is 278 g/mol. The molecule has 0 heterocycles. The lowest BCUT2D eigenvalue weighted by molar-refractivity contribution is -0.142. The molecule has 1 saturated carbocycles. The maximum atomic E-state index is 11.6. The van der Waals surface area contributed by atoms with Crippen molar-refractivity contribution in [2.45, 2.75) is 38.2 Å². The number of carbonyl (C=O) groups excluding carboxylic acids is 1. The van der Waals surface area contributed by atoms with Crippen molar-refractivity contribution >= 4 is 5.97 Å². The van der Waals surface area contributed by atoms with Crippen molar-refractivity contribution in [3.05, 3.63) is 29.3 Å². The van der Waals surface area contributed by atoms with Gasteiger partial charge in [-0.2, -0.15) is 0 Å². The summed E-state index contributed by atoms with van der Waals surface area (Å²) in [4.78, 5) is 11.6. The second-order valence-corrected chi connectivity index (χ2v) is 5.19. The van der Waals surface area contributed by atoms with Crippen molar-refractivity contribution in [3.63, 3.8) is 0 Å². The van der Waals surface area contributed by atoms with Gasteiger partial charge in [-0.25, -0.2) is 0 Å². The van der Waals surface area contributed by atoms with Crippen molar-refractivity contribution < 1.29 is 19.0 Å². The third-order valence-corrected chi connectivity index (χ3v) is 3.75. The molecule has 0 amide bonds. The number of ether oxygens (including phenoxy) is 3. The smallest absolute Gasteiger partial charge is 0.310 e. The molecule has 0 aromatic heterocycles. The average Bonchev–Trinajstić information content (AvgIpc) is 3.20. The maximum Gasteiger partial charge on any atom is 0.310 e. The van der Waals surface area contributed by atoms with E-state index in [1.807, 2.05) is 18.2 Å². The molecule has 110 valence electrons. The first-order valence-electron chi connectivity index (χ1n) is 6.99. The lowest BCUT2D eigenvalue weighted by Crippen LogP contribution is -2.15. The van der Waals surface area contributed by atoms with E-state index in [1.165, 1.54) is 5.56 Å². The van der Waals surface area contributed by atoms with Gasteiger partial charge >= 0.3 is 5.97 Å². The zero-order chi connectivity index (χ0) is 14.6. The molecule has 0 unspecified atom stereocenters. The summed E-state index contributed by atoms with van der Waals surface area (Å²) in [5, 5.41) is 0. The fourth-order valence-corrected chi connectivity index (χ4v) is 2.41. The van der Waals surface area contributed by atoms with Gasteiger partial charge in [0.1, 0.15) is 5.75 Å². The zero-order valence-corrected chi connectivity index (χ0v) is 12.4. The minimum atomic E-state index is -0.226. The Morgan fingerprint density at radius 3 is 2.60 bits per heavy atom. The number of hydrogen-bond acceptors (Lipinski definition) is 4. The molecule has 0 aliphatic heterocycles. The number of benzene rings is 1. The van der Waals surface area contributed by atoms with Crippen LogP contribution in [-0.4, -0.2) is 32.4 Å². The average molecular weight is 278 g/mol. The number of esters is 1. The fraction of sp³-hybridized carbons (Fsp3) is 0.562. The first-order valence-corrected chi connectivity index (χ1v) is 6.99. The van der Waals surface area contributed by atoms with Crippen LogP contribution in [0.25, 0.3) is 0 Å². The number of rotatable bonds is 7. The minimum Gasteiger partial charge on any atom is -0.496 e. The van der Waals surface area contributed by atoms with Crippen molar-refractivity contribution in [1.82, 2.24) is 0 Å². The SMILES string of the molecule is CCOC(=O)Cc1cc(CC2(OC)CC2)ccc1OC. The molecule has 0 saturated heterocycles. The maximum absolute atomic E-state index is 11.6. The largest absolute Gasteiger partial charge is 0.496 e. The summed E-state index contributed by atoms with van der Waals surface area (Å²) in [5.41, 5.74) is 2.05. The summed E-state index contributed by atoms with van der Waals surface area (Å²) in [6, 6.07) is 5.97. The van der Waals surface area contributed by atoms with E-state index in [4.69, 9.17) is 14.2 Å². The summed E-state index contributed by atoms with van der Waals surface area (Å²) in [6.07, 6.45) is 3.32. The normalized spacial score (nSPS) is 15.8. The number of carbonyl (C=O) groups is 1. The van der Waals surface area contributed by atoms with E-state index in [9.17, 15) is 4.79 Å². The molecule has 0 atom stereocenters. The molecule has 20 heavy (non-hydrogen) atoms. The van der Waals surface area contributed by atoms with Crippen LogP contribution in [0.4, 0.5) is 0 Å². The van der Waals surface area contributed by atoms with Gasteiger partial charge in [0.05, 0.1) is 25.7 Å². The summed E-state index contributed by atoms with van der Waals surface area (Å²) >= 11 is 0. The van der Waals surface area contributed by atoms with Gasteiger partial charge < -0.3 is 14.2 Å². The predicted octanol–water partition coefficient (Wildman–Crippen LogP) is 2.52. The van der Waals surface area contributed by atoms with Crippen molar-refractivity contribution in [3.8, 4) is 5.75 Å². The number of methoxy groups -OCH3 is 2. The summed E-state index contributed by atoms with van der Waals surface area (Å²) in [6.45, 7) is 2.20. The van der Waals surface area contributed by atoms with Gasteiger partial charge in [-0.15, -0.1) is 0 Å². The summed E-state index contributed by atoms with van der Waals surface area (Å²) < 4.78 is 15.9. The van der Waals surface area contributed by atoms with E-state index >= 15 is 0 Å². The molecule has 0 bridgehead atoms. The Balaban J connectivity index is 2.13. The van der Waals surface area contributed by atoms with Crippen LogP contribution < -0.4 is 4.74 Å². The molecule has 1 aromatic carbocycles. The first-order chi connectivity index (χ1) is 9.62. The van der Waals surface area contributed by atoms with E-state index in [2.05, 4.69) is 0 Å². The molecular weight excluding hydrogens is 256 g/mol. The second kappa shape index (κ2) is 6.27. The molecule has 2 rings (SSSR count). The highest BCUT2D eigenvalue weighted by molar-refractivity contribution is 5.73. The topological polar surface area (TPSA) is 44.8 Å². The van der Waals surface area contributed by atoms with Crippen molar-refractivity contribution in [1.29, 1.82) is 0 Å². The third-order valence-electron chi connectivity index (χ3n) is 3.75. The van der Waals surface area contributed by atoms with Gasteiger partial charge in [0.15, 0.2) is 0 Å². The van der Waals surface area contributed by atoms with Crippen molar-refractivity contribution in [2.24, 2.45) is 0 Å². The first kappa shape index (κ1) is 14.9. The molecule has 0 N–H and O–H groups in total. The van der Waals surface area contributed by atoms with Gasteiger partial charge in [-0.1, -0.05) is 12.1 Å². The molecule has 4 nitrogen and oxygen atoms in total. The Labute approximate surface area is 120 Å². The Bertz CT molecular complexity index is 477. The lowest BCUT2D eigenvalue weighted by atomic mass is 10.0. The highest BCUT2D eigenvalue weighted by Gasteiger charge is 2.42. The minimum absolute atomic E-state index is 0.00971. The van der Waals surface area contributed by atoms with Crippen LogP contribution in [-0.2, 0) is 27.1 Å². The summed E-state index contributed by atoms with van der Waals surface area (Å²) in [5.74, 6) is 0.500. The standard InChI is InChI=1S/C16H22O4/c1-4-20-15(17)10-13-9-12(5-6-14(13)18-2)11-16(19-3)7-8-16/h5-6,9H,4,7-8,10-11H2,1-3H3. The van der Waals surface area contributed by atoms with E-state index in [0.29, 0.717) is 6.61 Å². The van der Waals surface area contributed by atoms with Crippen molar-refractivity contribution in [2.75, 3.05) is 20.8 Å². The molecule has 0 radical (unpaired) electrons. The predicted molar refractivity (Wildman–Crippen MR) is 76.0 cm³/mol. The molecule has 1 fully saturated rings. The van der Waals surface area contributed by atoms with Gasteiger partial charge in [-0.3, -0.25) is 4.79 Å². The lowest BCUT2D eigenvalue weighted by Gasteiger charge is -2.15. The van der Waals surface area contributed by atoms with E-state index in [1.54, 1.807) is 21.1 Å². The van der Waals surface area contributed by atoms with Crippen LogP contribution in [0.15, 0.2) is 18.2 Å². The van der Waals surface area contributed by atoms with Crippen LogP contribution in [0.2, 0.25) is 0 Å². The summed E-state index contributed by atoms with van der Waals surface area (Å²) in [7, 11) is 3.37. The van der Waals surface area contributed by atoms with Crippen LogP contribution in [0.5, 0.6) is 5.75 Å². The fourth-order valence-electron chi connectivity index (χ4n) is 2.41. The molecule has 4 heteroatoms. The van der Waals surface area contributed by atoms with Crippen LogP contribution in [0.3, 0.4) is 0 Å². The third kappa shape index (κ3) is 3.51. The second-order valence-electron chi connectivity index (χ2n) is 5.19. The van der Waals surface area contributed by atoms with Crippen LogP contribution in [0.1, 0.15) is 30.9 Å². The Kier molecular flexibility index (Phi) is 4.65. The van der Waals surface area contributed by atoms with Crippen LogP contribution >= 0.6 is 0 Å². The number of hydrogen-bond donors (Lipinski definition) is 0. The molecule has 0 spiro atoms. The van der Waals surface area contributed by atoms with Gasteiger partial charge in [0.2, 0.25) is 0 Å². The molecule has 1 aliphatic carbocycles. The zero-order valence-electron chi connectivity index (χ0n) is 12.4. The van der Waals surface area contributed by atoms with Gasteiger partial charge in [-0.05, 0) is 31.4 Å². The van der Waals surface area contributed by atoms with E-state index in [0.717, 1.165) is 30.6 Å². The highest BCUT2D eigenvalue weighted by Crippen LogP contribution is 2.42. The van der Waals surface area contributed by atoms with Gasteiger partial charge in [0, 0.05) is 19.1 Å². The quantitative estimate of drug-likeness (QED) is 0.719. The Hall–Kier alpha value is -1.55. The van der Waals surface area contributed by atoms with Gasteiger partial charge in [0.25, 0.3) is 0 Å².